The summed E-state index contributed by atoms with van der Waals surface area (Å²) in [7, 11) is 1.38. The fraction of sp³-hybridized carbons (Fsp3) is 0.571. The van der Waals surface area contributed by atoms with Gasteiger partial charge in [-0.15, -0.1) is 0 Å². The van der Waals surface area contributed by atoms with Crippen LogP contribution in [0.3, 0.4) is 0 Å². The van der Waals surface area contributed by atoms with E-state index >= 15 is 0 Å². The second-order valence-electron chi connectivity index (χ2n) is 5.00. The maximum Gasteiger partial charge on any atom is 0.341 e. The number of aromatic nitrogens is 1. The summed E-state index contributed by atoms with van der Waals surface area (Å²) in [5, 5.41) is 0. The molecule has 3 heterocycles. The number of ether oxygens (including phenoxy) is 3. The molecule has 2 saturated heterocycles. The van der Waals surface area contributed by atoms with Crippen LogP contribution in [0.1, 0.15) is 23.2 Å². The average Bonchev–Trinajstić information content (AvgIpc) is 2.94. The van der Waals surface area contributed by atoms with Crippen LogP contribution in [0, 0.1) is 0 Å². The quantitative estimate of drug-likeness (QED) is 0.758. The number of rotatable bonds is 2. The Hall–Kier alpha value is -1.66. The zero-order valence-electron chi connectivity index (χ0n) is 11.5. The second-order valence-corrected chi connectivity index (χ2v) is 5.00. The molecule has 2 aliphatic rings. The van der Waals surface area contributed by atoms with Crippen LogP contribution >= 0.6 is 0 Å². The Morgan fingerprint density at radius 1 is 1.45 bits per heavy atom. The van der Waals surface area contributed by atoms with Crippen molar-refractivity contribution in [2.24, 2.45) is 0 Å². The highest BCUT2D eigenvalue weighted by molar-refractivity contribution is 5.94. The van der Waals surface area contributed by atoms with Gasteiger partial charge >= 0.3 is 5.97 Å². The smallest absolute Gasteiger partial charge is 0.341 e. The van der Waals surface area contributed by atoms with Crippen LogP contribution in [0.5, 0.6) is 0 Å². The number of methoxy groups -OCH3 is 1. The molecule has 0 aromatic carbocycles. The molecular formula is C14H18N2O4. The highest BCUT2D eigenvalue weighted by Gasteiger charge is 2.41. The summed E-state index contributed by atoms with van der Waals surface area (Å²) in [6.07, 6.45) is 3.50. The fourth-order valence-corrected chi connectivity index (χ4v) is 2.82. The van der Waals surface area contributed by atoms with E-state index in [-0.39, 0.29) is 5.97 Å². The van der Waals surface area contributed by atoms with E-state index in [0.717, 1.165) is 19.4 Å². The molecule has 0 atom stereocenters. The molecule has 1 aromatic heterocycles. The van der Waals surface area contributed by atoms with E-state index < -0.39 is 5.79 Å². The molecule has 2 fully saturated rings. The Labute approximate surface area is 117 Å². The molecule has 1 spiro atoms. The van der Waals surface area contributed by atoms with Crippen LogP contribution < -0.4 is 4.90 Å². The van der Waals surface area contributed by atoms with E-state index in [1.54, 1.807) is 18.3 Å². The van der Waals surface area contributed by atoms with Gasteiger partial charge in [0.2, 0.25) is 0 Å². The summed E-state index contributed by atoms with van der Waals surface area (Å²) in [6.45, 7) is 2.67. The summed E-state index contributed by atoms with van der Waals surface area (Å²) in [4.78, 5) is 18.2. The molecule has 3 rings (SSSR count). The number of anilines is 1. The Morgan fingerprint density at radius 2 is 2.25 bits per heavy atom. The van der Waals surface area contributed by atoms with Gasteiger partial charge in [0.1, 0.15) is 11.4 Å². The van der Waals surface area contributed by atoms with Gasteiger partial charge < -0.3 is 19.1 Å². The van der Waals surface area contributed by atoms with Gasteiger partial charge in [-0.3, -0.25) is 0 Å². The van der Waals surface area contributed by atoms with Crippen molar-refractivity contribution in [1.82, 2.24) is 4.98 Å². The SMILES string of the molecule is COC(=O)c1cccnc1N1CCCC2(C1)OCCO2. The van der Waals surface area contributed by atoms with Gasteiger partial charge in [-0.25, -0.2) is 9.78 Å². The number of carbonyl (C=O) groups excluding carboxylic acids is 1. The first-order valence-electron chi connectivity index (χ1n) is 6.80. The van der Waals surface area contributed by atoms with Crippen molar-refractivity contribution in [1.29, 1.82) is 0 Å². The van der Waals surface area contributed by atoms with Gasteiger partial charge in [0, 0.05) is 19.2 Å². The molecule has 0 aliphatic carbocycles. The third-order valence-electron chi connectivity index (χ3n) is 3.72. The molecule has 20 heavy (non-hydrogen) atoms. The molecule has 2 aliphatic heterocycles. The second kappa shape index (κ2) is 5.38. The van der Waals surface area contributed by atoms with Crippen LogP contribution in [0.2, 0.25) is 0 Å². The minimum absolute atomic E-state index is 0.374. The van der Waals surface area contributed by atoms with Crippen LogP contribution in [0.4, 0.5) is 5.82 Å². The molecule has 6 heteroatoms. The number of nitrogens with zero attached hydrogens (tertiary/aromatic N) is 2. The first-order chi connectivity index (χ1) is 9.74. The number of carbonyl (C=O) groups is 1. The van der Waals surface area contributed by atoms with Crippen LogP contribution in [-0.2, 0) is 14.2 Å². The Balaban J connectivity index is 1.87. The number of hydrogen-bond acceptors (Lipinski definition) is 6. The summed E-state index contributed by atoms with van der Waals surface area (Å²) in [6, 6.07) is 3.46. The Bertz CT molecular complexity index is 500. The molecule has 0 saturated carbocycles. The molecule has 0 bridgehead atoms. The highest BCUT2D eigenvalue weighted by atomic mass is 16.7. The van der Waals surface area contributed by atoms with E-state index in [1.807, 2.05) is 4.90 Å². The van der Waals surface area contributed by atoms with E-state index in [2.05, 4.69) is 4.98 Å². The molecular weight excluding hydrogens is 260 g/mol. The monoisotopic (exact) mass is 278 g/mol. The average molecular weight is 278 g/mol. The predicted octanol–water partition coefficient (Wildman–Crippen LogP) is 1.21. The standard InChI is InChI=1S/C14H18N2O4/c1-18-13(17)11-4-2-6-15-12(11)16-7-3-5-14(10-16)19-8-9-20-14/h2,4,6H,3,5,7-10H2,1H3. The Morgan fingerprint density at radius 3 is 3.00 bits per heavy atom. The predicted molar refractivity (Wildman–Crippen MR) is 71.7 cm³/mol. The van der Waals surface area contributed by atoms with E-state index in [4.69, 9.17) is 14.2 Å². The van der Waals surface area contributed by atoms with Gasteiger partial charge in [0.05, 0.1) is 26.9 Å². The number of pyridine rings is 1. The van der Waals surface area contributed by atoms with E-state index in [9.17, 15) is 4.79 Å². The van der Waals surface area contributed by atoms with E-state index in [0.29, 0.717) is 31.1 Å². The van der Waals surface area contributed by atoms with Gasteiger partial charge in [-0.2, -0.15) is 0 Å². The lowest BCUT2D eigenvalue weighted by Gasteiger charge is -2.39. The normalized spacial score (nSPS) is 21.1. The summed E-state index contributed by atoms with van der Waals surface area (Å²) in [5.74, 6) is -0.276. The van der Waals surface area contributed by atoms with Crippen molar-refractivity contribution >= 4 is 11.8 Å². The lowest BCUT2D eigenvalue weighted by atomic mass is 10.0. The zero-order valence-corrected chi connectivity index (χ0v) is 11.5. The summed E-state index contributed by atoms with van der Waals surface area (Å²) in [5.41, 5.74) is 0.477. The van der Waals surface area contributed by atoms with Crippen molar-refractivity contribution in [3.05, 3.63) is 23.9 Å². The topological polar surface area (TPSA) is 60.9 Å². The largest absolute Gasteiger partial charge is 0.465 e. The molecule has 0 unspecified atom stereocenters. The van der Waals surface area contributed by atoms with Crippen LogP contribution in [0.25, 0.3) is 0 Å². The van der Waals surface area contributed by atoms with Crippen molar-refractivity contribution in [2.75, 3.05) is 38.3 Å². The first-order valence-corrected chi connectivity index (χ1v) is 6.80. The molecule has 1 aromatic rings. The number of hydrogen-bond donors (Lipinski definition) is 0. The third kappa shape index (κ3) is 2.36. The van der Waals surface area contributed by atoms with Crippen LogP contribution in [-0.4, -0.2) is 50.2 Å². The summed E-state index contributed by atoms with van der Waals surface area (Å²) >= 11 is 0. The van der Waals surface area contributed by atoms with E-state index in [1.165, 1.54) is 7.11 Å². The zero-order chi connectivity index (χ0) is 14.0. The minimum Gasteiger partial charge on any atom is -0.465 e. The lowest BCUT2D eigenvalue weighted by molar-refractivity contribution is -0.161. The van der Waals surface area contributed by atoms with Crippen molar-refractivity contribution in [3.63, 3.8) is 0 Å². The molecule has 108 valence electrons. The van der Waals surface area contributed by atoms with Crippen LogP contribution in [0.15, 0.2) is 18.3 Å². The maximum atomic E-state index is 11.8. The number of piperidine rings is 1. The molecule has 0 radical (unpaired) electrons. The van der Waals surface area contributed by atoms with Gasteiger partial charge in [-0.05, 0) is 18.6 Å². The first kappa shape index (κ1) is 13.3. The molecule has 0 N–H and O–H groups in total. The molecule has 6 nitrogen and oxygen atoms in total. The minimum atomic E-state index is -0.539. The van der Waals surface area contributed by atoms with Gasteiger partial charge in [0.25, 0.3) is 0 Å². The van der Waals surface area contributed by atoms with Crippen molar-refractivity contribution < 1.29 is 19.0 Å². The molecule has 0 amide bonds. The Kier molecular flexibility index (Phi) is 3.58. The van der Waals surface area contributed by atoms with Crippen molar-refractivity contribution in [3.8, 4) is 0 Å². The maximum absolute atomic E-state index is 11.8. The van der Waals surface area contributed by atoms with Gasteiger partial charge in [-0.1, -0.05) is 0 Å². The highest BCUT2D eigenvalue weighted by Crippen LogP contribution is 2.33. The lowest BCUT2D eigenvalue weighted by Crippen LogP contribution is -2.49. The third-order valence-corrected chi connectivity index (χ3v) is 3.72. The number of esters is 1. The van der Waals surface area contributed by atoms with Gasteiger partial charge in [0.15, 0.2) is 5.79 Å². The summed E-state index contributed by atoms with van der Waals surface area (Å²) < 4.78 is 16.3. The van der Waals surface area contributed by atoms with Crippen molar-refractivity contribution in [2.45, 2.75) is 18.6 Å². The fourth-order valence-electron chi connectivity index (χ4n) is 2.82.